The fourth-order valence-corrected chi connectivity index (χ4v) is 2.50. The summed E-state index contributed by atoms with van der Waals surface area (Å²) in [6.45, 7) is 1.97. The average molecular weight is 276 g/mol. The number of aromatic carboxylic acids is 1. The molecule has 0 aliphatic carbocycles. The third-order valence-corrected chi connectivity index (χ3v) is 3.50. The van der Waals surface area contributed by atoms with E-state index in [1.165, 1.54) is 17.4 Å². The zero-order valence-electron chi connectivity index (χ0n) is 10.2. The van der Waals surface area contributed by atoms with Gasteiger partial charge in [-0.05, 0) is 35.6 Å². The molecule has 1 amide bonds. The number of carbonyl (C=O) groups is 2. The van der Waals surface area contributed by atoms with E-state index in [2.05, 4.69) is 10.3 Å². The van der Waals surface area contributed by atoms with E-state index in [0.29, 0.717) is 4.88 Å². The second kappa shape index (κ2) is 5.62. The minimum Gasteiger partial charge on any atom is -0.477 e. The number of anilines is 1. The van der Waals surface area contributed by atoms with Crippen LogP contribution >= 0.6 is 11.3 Å². The van der Waals surface area contributed by atoms with Crippen LogP contribution in [0.1, 0.15) is 32.6 Å². The summed E-state index contributed by atoms with van der Waals surface area (Å²) in [5.74, 6) is -1.15. The lowest BCUT2D eigenvalue weighted by Crippen LogP contribution is -2.14. The minimum atomic E-state index is -1.12. The quantitative estimate of drug-likeness (QED) is 0.899. The molecule has 6 heteroatoms. The molecule has 2 aromatic rings. The summed E-state index contributed by atoms with van der Waals surface area (Å²) in [5, 5.41) is 13.3. The molecule has 19 heavy (non-hydrogen) atoms. The number of carboxylic acid groups (broad SMARTS) is 1. The summed E-state index contributed by atoms with van der Waals surface area (Å²) < 4.78 is 0. The van der Waals surface area contributed by atoms with Crippen molar-refractivity contribution in [3.63, 3.8) is 0 Å². The Labute approximate surface area is 113 Å². The van der Waals surface area contributed by atoms with Crippen molar-refractivity contribution in [1.29, 1.82) is 0 Å². The molecule has 0 saturated carbocycles. The number of aromatic nitrogens is 1. The number of rotatable bonds is 4. The van der Waals surface area contributed by atoms with Gasteiger partial charge in [0.1, 0.15) is 5.82 Å². The van der Waals surface area contributed by atoms with E-state index < -0.39 is 5.97 Å². The summed E-state index contributed by atoms with van der Waals surface area (Å²) in [6, 6.07) is 6.38. The third-order valence-electron chi connectivity index (χ3n) is 2.54. The smallest absolute Gasteiger partial charge is 0.354 e. The maximum Gasteiger partial charge on any atom is 0.354 e. The number of nitrogens with zero attached hydrogens (tertiary/aromatic N) is 1. The van der Waals surface area contributed by atoms with Crippen molar-refractivity contribution in [3.05, 3.63) is 45.8 Å². The Hall–Kier alpha value is -2.21. The molecule has 2 rings (SSSR count). The number of thiophene rings is 1. The van der Waals surface area contributed by atoms with Crippen molar-refractivity contribution in [2.75, 3.05) is 5.32 Å². The molecule has 0 unspecified atom stereocenters. The number of carbonyl (C=O) groups excluding carboxylic acids is 1. The van der Waals surface area contributed by atoms with Gasteiger partial charge in [0.2, 0.25) is 0 Å². The second-order valence-corrected chi connectivity index (χ2v) is 4.71. The van der Waals surface area contributed by atoms with Gasteiger partial charge in [-0.2, -0.15) is 0 Å². The fraction of sp³-hybridized carbons (Fsp3) is 0.154. The number of hydrogen-bond acceptors (Lipinski definition) is 4. The van der Waals surface area contributed by atoms with Gasteiger partial charge in [-0.25, -0.2) is 9.78 Å². The van der Waals surface area contributed by atoms with Crippen LogP contribution in [0.15, 0.2) is 29.6 Å². The topological polar surface area (TPSA) is 79.3 Å². The average Bonchev–Trinajstić information content (AvgIpc) is 2.87. The van der Waals surface area contributed by atoms with Crippen molar-refractivity contribution >= 4 is 29.0 Å². The molecule has 98 valence electrons. The number of amides is 1. The fourth-order valence-electron chi connectivity index (χ4n) is 1.61. The lowest BCUT2D eigenvalue weighted by atomic mass is 10.2. The Morgan fingerprint density at radius 1 is 1.37 bits per heavy atom. The van der Waals surface area contributed by atoms with Crippen LogP contribution in [0.2, 0.25) is 0 Å². The van der Waals surface area contributed by atoms with Gasteiger partial charge < -0.3 is 10.4 Å². The van der Waals surface area contributed by atoms with E-state index in [1.54, 1.807) is 12.1 Å². The number of nitrogens with one attached hydrogen (secondary N) is 1. The molecule has 2 heterocycles. The first-order chi connectivity index (χ1) is 9.11. The Kier molecular flexibility index (Phi) is 3.91. The van der Waals surface area contributed by atoms with Crippen molar-refractivity contribution in [3.8, 4) is 0 Å². The van der Waals surface area contributed by atoms with Crippen molar-refractivity contribution in [1.82, 2.24) is 4.98 Å². The molecule has 0 atom stereocenters. The Balaban J connectivity index is 2.19. The SMILES string of the molecule is CCc1ccsc1C(=O)Nc1cccc(C(=O)O)n1. The second-order valence-electron chi connectivity index (χ2n) is 3.80. The summed E-state index contributed by atoms with van der Waals surface area (Å²) in [6.07, 6.45) is 0.773. The normalized spacial score (nSPS) is 10.2. The number of aryl methyl sites for hydroxylation is 1. The van der Waals surface area contributed by atoms with Gasteiger partial charge in [-0.3, -0.25) is 4.79 Å². The van der Waals surface area contributed by atoms with E-state index in [9.17, 15) is 9.59 Å². The molecule has 0 bridgehead atoms. The van der Waals surface area contributed by atoms with Crippen molar-refractivity contribution in [2.24, 2.45) is 0 Å². The third kappa shape index (κ3) is 2.97. The molecule has 0 aromatic carbocycles. The van der Waals surface area contributed by atoms with Crippen LogP contribution < -0.4 is 5.32 Å². The molecule has 0 aliphatic heterocycles. The minimum absolute atomic E-state index is 0.0975. The predicted octanol–water partition coefficient (Wildman–Crippen LogP) is 2.66. The Bertz CT molecular complexity index is 622. The zero-order valence-corrected chi connectivity index (χ0v) is 11.0. The van der Waals surface area contributed by atoms with Gasteiger partial charge in [-0.15, -0.1) is 11.3 Å². The number of pyridine rings is 1. The predicted molar refractivity (Wildman–Crippen MR) is 72.8 cm³/mol. The highest BCUT2D eigenvalue weighted by atomic mass is 32.1. The Morgan fingerprint density at radius 3 is 2.84 bits per heavy atom. The molecule has 0 fully saturated rings. The molecule has 2 N–H and O–H groups in total. The maximum atomic E-state index is 12.0. The van der Waals surface area contributed by atoms with Crippen LogP contribution in [-0.2, 0) is 6.42 Å². The van der Waals surface area contributed by atoms with Crippen LogP contribution in [0.25, 0.3) is 0 Å². The van der Waals surface area contributed by atoms with E-state index in [0.717, 1.165) is 12.0 Å². The van der Waals surface area contributed by atoms with Gasteiger partial charge in [0, 0.05) is 0 Å². The molecule has 0 spiro atoms. The summed E-state index contributed by atoms with van der Waals surface area (Å²) in [5.41, 5.74) is 0.872. The van der Waals surface area contributed by atoms with Gasteiger partial charge in [0.05, 0.1) is 4.88 Å². The summed E-state index contributed by atoms with van der Waals surface area (Å²) in [4.78, 5) is 27.3. The van der Waals surface area contributed by atoms with Crippen molar-refractivity contribution < 1.29 is 14.7 Å². The lowest BCUT2D eigenvalue weighted by Gasteiger charge is -2.05. The molecule has 0 radical (unpaired) electrons. The highest BCUT2D eigenvalue weighted by Crippen LogP contribution is 2.18. The summed E-state index contributed by atoms with van der Waals surface area (Å²) >= 11 is 1.36. The van der Waals surface area contributed by atoms with Gasteiger partial charge in [0.15, 0.2) is 5.69 Å². The van der Waals surface area contributed by atoms with E-state index >= 15 is 0 Å². The molecule has 2 aromatic heterocycles. The molecule has 0 aliphatic rings. The Morgan fingerprint density at radius 2 is 2.16 bits per heavy atom. The first kappa shape index (κ1) is 13.2. The first-order valence-corrected chi connectivity index (χ1v) is 6.58. The van der Waals surface area contributed by atoms with E-state index in [-0.39, 0.29) is 17.4 Å². The molecular weight excluding hydrogens is 264 g/mol. The van der Waals surface area contributed by atoms with E-state index in [1.807, 2.05) is 18.4 Å². The molecular formula is C13H12N2O3S. The van der Waals surface area contributed by atoms with Crippen LogP contribution in [0.5, 0.6) is 0 Å². The van der Waals surface area contributed by atoms with Crippen LogP contribution in [0.3, 0.4) is 0 Å². The van der Waals surface area contributed by atoms with Crippen LogP contribution in [0, 0.1) is 0 Å². The first-order valence-electron chi connectivity index (χ1n) is 5.70. The lowest BCUT2D eigenvalue weighted by molar-refractivity contribution is 0.0690. The number of carboxylic acids is 1. The van der Waals surface area contributed by atoms with Gasteiger partial charge in [-0.1, -0.05) is 13.0 Å². The highest BCUT2D eigenvalue weighted by Gasteiger charge is 2.13. The molecule has 0 saturated heterocycles. The monoisotopic (exact) mass is 276 g/mol. The van der Waals surface area contributed by atoms with Crippen molar-refractivity contribution in [2.45, 2.75) is 13.3 Å². The van der Waals surface area contributed by atoms with Crippen LogP contribution in [-0.4, -0.2) is 22.0 Å². The highest BCUT2D eigenvalue weighted by molar-refractivity contribution is 7.12. The van der Waals surface area contributed by atoms with Gasteiger partial charge in [0.25, 0.3) is 5.91 Å². The summed E-state index contributed by atoms with van der Waals surface area (Å²) in [7, 11) is 0. The van der Waals surface area contributed by atoms with Gasteiger partial charge >= 0.3 is 5.97 Å². The molecule has 5 nitrogen and oxygen atoms in total. The largest absolute Gasteiger partial charge is 0.477 e. The zero-order chi connectivity index (χ0) is 13.8. The maximum absolute atomic E-state index is 12.0. The standard InChI is InChI=1S/C13H12N2O3S/c1-2-8-6-7-19-11(8)12(16)15-10-5-3-4-9(14-10)13(17)18/h3-7H,2H2,1H3,(H,17,18)(H,14,15,16). The van der Waals surface area contributed by atoms with Crippen LogP contribution in [0.4, 0.5) is 5.82 Å². The number of hydrogen-bond donors (Lipinski definition) is 2. The van der Waals surface area contributed by atoms with E-state index in [4.69, 9.17) is 5.11 Å².